The van der Waals surface area contributed by atoms with Crippen LogP contribution in [0.5, 0.6) is 5.75 Å². The highest BCUT2D eigenvalue weighted by molar-refractivity contribution is 5.39. The van der Waals surface area contributed by atoms with Crippen LogP contribution in [0.4, 0.5) is 0 Å². The molecule has 1 fully saturated rings. The van der Waals surface area contributed by atoms with E-state index >= 15 is 0 Å². The predicted molar refractivity (Wildman–Crippen MR) is 58.8 cm³/mol. The first-order valence-electron chi connectivity index (χ1n) is 5.46. The van der Waals surface area contributed by atoms with Gasteiger partial charge in [0.05, 0.1) is 6.61 Å². The standard InChI is InChI=1S/C13H18O/c1-10-4-3-5-11(2)13(10)14-9-8-12-6-7-12/h3-5,12H,6-9H2,1-2H3. The summed E-state index contributed by atoms with van der Waals surface area (Å²) >= 11 is 0. The van der Waals surface area contributed by atoms with Gasteiger partial charge in [0.2, 0.25) is 0 Å². The molecule has 1 aliphatic rings. The second kappa shape index (κ2) is 4.04. The zero-order valence-corrected chi connectivity index (χ0v) is 9.05. The molecule has 1 heteroatoms. The monoisotopic (exact) mass is 190 g/mol. The zero-order chi connectivity index (χ0) is 9.97. The maximum atomic E-state index is 5.82. The Morgan fingerprint density at radius 2 is 1.86 bits per heavy atom. The molecule has 0 N–H and O–H groups in total. The summed E-state index contributed by atoms with van der Waals surface area (Å²) in [5, 5.41) is 0. The number of ether oxygens (including phenoxy) is 1. The van der Waals surface area contributed by atoms with Gasteiger partial charge in [-0.05, 0) is 37.3 Å². The molecule has 0 saturated heterocycles. The number of rotatable bonds is 4. The van der Waals surface area contributed by atoms with E-state index < -0.39 is 0 Å². The summed E-state index contributed by atoms with van der Waals surface area (Å²) in [5.74, 6) is 2.05. The van der Waals surface area contributed by atoms with Crippen molar-refractivity contribution in [3.05, 3.63) is 29.3 Å². The van der Waals surface area contributed by atoms with Crippen molar-refractivity contribution < 1.29 is 4.74 Å². The predicted octanol–water partition coefficient (Wildman–Crippen LogP) is 3.48. The van der Waals surface area contributed by atoms with Crippen molar-refractivity contribution in [2.24, 2.45) is 5.92 Å². The van der Waals surface area contributed by atoms with Crippen LogP contribution in [0.15, 0.2) is 18.2 Å². The third kappa shape index (κ3) is 2.28. The Kier molecular flexibility index (Phi) is 2.76. The molecule has 1 aliphatic carbocycles. The van der Waals surface area contributed by atoms with Crippen LogP contribution in [0.1, 0.15) is 30.4 Å². The Bertz CT molecular complexity index is 293. The lowest BCUT2D eigenvalue weighted by Crippen LogP contribution is -2.01. The highest BCUT2D eigenvalue weighted by Gasteiger charge is 2.20. The van der Waals surface area contributed by atoms with Crippen molar-refractivity contribution in [1.29, 1.82) is 0 Å². The van der Waals surface area contributed by atoms with E-state index in [0.29, 0.717) is 0 Å². The Morgan fingerprint density at radius 3 is 2.43 bits per heavy atom. The normalized spacial score (nSPS) is 15.6. The highest BCUT2D eigenvalue weighted by Crippen LogP contribution is 2.32. The molecule has 0 radical (unpaired) electrons. The third-order valence-electron chi connectivity index (χ3n) is 2.88. The molecule has 0 unspecified atom stereocenters. The molecule has 1 saturated carbocycles. The second-order valence-corrected chi connectivity index (χ2v) is 4.30. The van der Waals surface area contributed by atoms with Gasteiger partial charge in [-0.1, -0.05) is 31.0 Å². The van der Waals surface area contributed by atoms with Gasteiger partial charge in [0, 0.05) is 0 Å². The quantitative estimate of drug-likeness (QED) is 0.706. The van der Waals surface area contributed by atoms with Crippen molar-refractivity contribution in [2.75, 3.05) is 6.61 Å². The molecule has 0 spiro atoms. The van der Waals surface area contributed by atoms with Gasteiger partial charge in [0.1, 0.15) is 5.75 Å². The maximum Gasteiger partial charge on any atom is 0.125 e. The van der Waals surface area contributed by atoms with Crippen LogP contribution in [0, 0.1) is 19.8 Å². The smallest absolute Gasteiger partial charge is 0.125 e. The van der Waals surface area contributed by atoms with Gasteiger partial charge >= 0.3 is 0 Å². The first-order chi connectivity index (χ1) is 6.77. The van der Waals surface area contributed by atoms with E-state index in [1.807, 2.05) is 0 Å². The van der Waals surface area contributed by atoms with Crippen molar-refractivity contribution in [3.63, 3.8) is 0 Å². The summed E-state index contributed by atoms with van der Waals surface area (Å²) in [6, 6.07) is 6.30. The van der Waals surface area contributed by atoms with Crippen LogP contribution >= 0.6 is 0 Å². The fraction of sp³-hybridized carbons (Fsp3) is 0.538. The van der Waals surface area contributed by atoms with Crippen LogP contribution < -0.4 is 4.74 Å². The summed E-state index contributed by atoms with van der Waals surface area (Å²) in [7, 11) is 0. The minimum Gasteiger partial charge on any atom is -0.493 e. The van der Waals surface area contributed by atoms with Gasteiger partial charge in [0.15, 0.2) is 0 Å². The van der Waals surface area contributed by atoms with E-state index in [1.165, 1.54) is 30.4 Å². The fourth-order valence-corrected chi connectivity index (χ4v) is 1.76. The molecule has 1 aromatic carbocycles. The molecule has 0 amide bonds. The van der Waals surface area contributed by atoms with Gasteiger partial charge in [-0.25, -0.2) is 0 Å². The number of benzene rings is 1. The van der Waals surface area contributed by atoms with E-state index in [-0.39, 0.29) is 0 Å². The molecular formula is C13H18O. The molecule has 76 valence electrons. The van der Waals surface area contributed by atoms with Gasteiger partial charge in [-0.15, -0.1) is 0 Å². The molecule has 0 aliphatic heterocycles. The van der Waals surface area contributed by atoms with Crippen molar-refractivity contribution in [1.82, 2.24) is 0 Å². The van der Waals surface area contributed by atoms with Gasteiger partial charge in [0.25, 0.3) is 0 Å². The minimum atomic E-state index is 0.885. The van der Waals surface area contributed by atoms with Crippen LogP contribution in [-0.4, -0.2) is 6.61 Å². The number of para-hydroxylation sites is 1. The number of hydrogen-bond donors (Lipinski definition) is 0. The second-order valence-electron chi connectivity index (χ2n) is 4.30. The molecule has 1 nitrogen and oxygen atoms in total. The van der Waals surface area contributed by atoms with Crippen LogP contribution in [-0.2, 0) is 0 Å². The van der Waals surface area contributed by atoms with Crippen LogP contribution in [0.25, 0.3) is 0 Å². The summed E-state index contributed by atoms with van der Waals surface area (Å²) in [4.78, 5) is 0. The Labute approximate surface area is 86.1 Å². The van der Waals surface area contributed by atoms with Gasteiger partial charge in [-0.2, -0.15) is 0 Å². The third-order valence-corrected chi connectivity index (χ3v) is 2.88. The molecule has 0 heterocycles. The summed E-state index contributed by atoms with van der Waals surface area (Å²) in [6.07, 6.45) is 4.06. The number of aryl methyl sites for hydroxylation is 2. The Balaban J connectivity index is 1.92. The topological polar surface area (TPSA) is 9.23 Å². The zero-order valence-electron chi connectivity index (χ0n) is 9.05. The summed E-state index contributed by atoms with van der Waals surface area (Å²) in [6.45, 7) is 5.11. The maximum absolute atomic E-state index is 5.82. The van der Waals surface area contributed by atoms with Gasteiger partial charge in [-0.3, -0.25) is 0 Å². The average molecular weight is 190 g/mol. The first kappa shape index (κ1) is 9.57. The lowest BCUT2D eigenvalue weighted by atomic mass is 10.1. The first-order valence-corrected chi connectivity index (χ1v) is 5.46. The largest absolute Gasteiger partial charge is 0.493 e. The molecule has 0 atom stereocenters. The van der Waals surface area contributed by atoms with Gasteiger partial charge < -0.3 is 4.74 Å². The van der Waals surface area contributed by atoms with E-state index in [4.69, 9.17) is 4.74 Å². The van der Waals surface area contributed by atoms with Crippen LogP contribution in [0.2, 0.25) is 0 Å². The van der Waals surface area contributed by atoms with E-state index in [2.05, 4.69) is 32.0 Å². The molecule has 0 aromatic heterocycles. The molecular weight excluding hydrogens is 172 g/mol. The summed E-state index contributed by atoms with van der Waals surface area (Å²) in [5.41, 5.74) is 2.50. The minimum absolute atomic E-state index is 0.885. The molecule has 0 bridgehead atoms. The van der Waals surface area contributed by atoms with E-state index in [0.717, 1.165) is 18.3 Å². The Morgan fingerprint density at radius 1 is 1.21 bits per heavy atom. The van der Waals surface area contributed by atoms with E-state index in [1.54, 1.807) is 0 Å². The van der Waals surface area contributed by atoms with Crippen molar-refractivity contribution in [3.8, 4) is 5.75 Å². The fourth-order valence-electron chi connectivity index (χ4n) is 1.76. The Hall–Kier alpha value is -0.980. The number of hydrogen-bond acceptors (Lipinski definition) is 1. The SMILES string of the molecule is Cc1cccc(C)c1OCCC1CC1. The lowest BCUT2D eigenvalue weighted by Gasteiger charge is -2.11. The molecule has 1 aromatic rings. The van der Waals surface area contributed by atoms with E-state index in [9.17, 15) is 0 Å². The molecule has 14 heavy (non-hydrogen) atoms. The van der Waals surface area contributed by atoms with Crippen molar-refractivity contribution in [2.45, 2.75) is 33.1 Å². The molecule has 2 rings (SSSR count). The summed E-state index contributed by atoms with van der Waals surface area (Å²) < 4.78 is 5.82. The average Bonchev–Trinajstić information content (AvgIpc) is 2.94. The highest BCUT2D eigenvalue weighted by atomic mass is 16.5. The van der Waals surface area contributed by atoms with Crippen LogP contribution in [0.3, 0.4) is 0 Å². The lowest BCUT2D eigenvalue weighted by molar-refractivity contribution is 0.298. The van der Waals surface area contributed by atoms with Crippen molar-refractivity contribution >= 4 is 0 Å².